The number of hydrogen-bond donors (Lipinski definition) is 2. The van der Waals surface area contributed by atoms with Crippen LogP contribution in [0.4, 0.5) is 11.4 Å². The fourth-order valence-electron chi connectivity index (χ4n) is 1.26. The van der Waals surface area contributed by atoms with Gasteiger partial charge < -0.3 is 10.6 Å². The molecule has 1 heterocycles. The van der Waals surface area contributed by atoms with Gasteiger partial charge in [-0.05, 0) is 19.1 Å². The van der Waals surface area contributed by atoms with Gasteiger partial charge in [-0.2, -0.15) is 0 Å². The molecule has 0 radical (unpaired) electrons. The summed E-state index contributed by atoms with van der Waals surface area (Å²) >= 11 is 5.13. The number of benzene rings is 1. The van der Waals surface area contributed by atoms with E-state index in [0.29, 0.717) is 0 Å². The largest absolute Gasteiger partial charge is 0.374 e. The van der Waals surface area contributed by atoms with Crippen LogP contribution in [0.1, 0.15) is 6.92 Å². The first-order valence-electron chi connectivity index (χ1n) is 3.94. The molecule has 0 saturated heterocycles. The van der Waals surface area contributed by atoms with E-state index in [2.05, 4.69) is 10.6 Å². The summed E-state index contributed by atoms with van der Waals surface area (Å²) in [6, 6.07) is 8.29. The molecule has 0 bridgehead atoms. The number of para-hydroxylation sites is 2. The topological polar surface area (TPSA) is 24.1 Å². The van der Waals surface area contributed by atoms with Crippen molar-refractivity contribution >= 4 is 28.6 Å². The highest BCUT2D eigenvalue weighted by Crippen LogP contribution is 2.25. The van der Waals surface area contributed by atoms with Gasteiger partial charge in [0.25, 0.3) is 0 Å². The fourth-order valence-corrected chi connectivity index (χ4v) is 1.43. The molecule has 2 nitrogen and oxygen atoms in total. The van der Waals surface area contributed by atoms with Crippen molar-refractivity contribution in [2.24, 2.45) is 0 Å². The molecule has 0 amide bonds. The molecule has 1 aromatic rings. The minimum absolute atomic E-state index is 0.231. The average Bonchev–Trinajstić information content (AvgIpc) is 2.07. The fraction of sp³-hybridized carbons (Fsp3) is 0.222. The van der Waals surface area contributed by atoms with Crippen LogP contribution < -0.4 is 10.6 Å². The Morgan fingerprint density at radius 1 is 1.25 bits per heavy atom. The minimum atomic E-state index is 0.231. The number of nitrogens with one attached hydrogen (secondary N) is 2. The standard InChI is InChI=1S/C9H10N2S/c1-6-9(12)11-8-5-3-2-4-7(8)10-6/h2-6,10H,1H3,(H,11,12)/t6-/m0/s1. The summed E-state index contributed by atoms with van der Waals surface area (Å²) in [5.41, 5.74) is 2.19. The van der Waals surface area contributed by atoms with Crippen LogP contribution in [-0.4, -0.2) is 11.0 Å². The zero-order valence-electron chi connectivity index (χ0n) is 6.79. The van der Waals surface area contributed by atoms with Gasteiger partial charge in [0.15, 0.2) is 0 Å². The van der Waals surface area contributed by atoms with E-state index in [4.69, 9.17) is 12.2 Å². The van der Waals surface area contributed by atoms with Gasteiger partial charge in [0, 0.05) is 0 Å². The monoisotopic (exact) mass is 178 g/mol. The first-order valence-corrected chi connectivity index (χ1v) is 4.34. The Labute approximate surface area is 77.0 Å². The van der Waals surface area contributed by atoms with Crippen LogP contribution in [0.25, 0.3) is 0 Å². The maximum atomic E-state index is 5.13. The first kappa shape index (κ1) is 7.55. The van der Waals surface area contributed by atoms with Gasteiger partial charge in [-0.15, -0.1) is 0 Å². The molecule has 0 fully saturated rings. The Bertz CT molecular complexity index is 322. The van der Waals surface area contributed by atoms with Gasteiger partial charge in [-0.3, -0.25) is 0 Å². The second-order valence-corrected chi connectivity index (χ2v) is 3.34. The SMILES string of the molecule is C[C@@H]1Nc2ccccc2NC1=S. The van der Waals surface area contributed by atoms with E-state index < -0.39 is 0 Å². The Morgan fingerprint density at radius 3 is 2.67 bits per heavy atom. The van der Waals surface area contributed by atoms with Crippen LogP contribution in [0, 0.1) is 0 Å². The third kappa shape index (κ3) is 1.16. The Morgan fingerprint density at radius 2 is 1.92 bits per heavy atom. The Balaban J connectivity index is 2.40. The van der Waals surface area contributed by atoms with Gasteiger partial charge >= 0.3 is 0 Å². The molecule has 1 aromatic carbocycles. The molecule has 1 atom stereocenters. The van der Waals surface area contributed by atoms with Gasteiger partial charge in [0.05, 0.1) is 17.4 Å². The van der Waals surface area contributed by atoms with Crippen molar-refractivity contribution in [2.45, 2.75) is 13.0 Å². The predicted molar refractivity (Wildman–Crippen MR) is 55.7 cm³/mol. The predicted octanol–water partition coefficient (Wildman–Crippen LogP) is 2.24. The number of fused-ring (bicyclic) bond motifs is 1. The van der Waals surface area contributed by atoms with Crippen LogP contribution in [0.2, 0.25) is 0 Å². The third-order valence-electron chi connectivity index (χ3n) is 1.95. The molecule has 2 rings (SSSR count). The van der Waals surface area contributed by atoms with Crippen molar-refractivity contribution in [1.82, 2.24) is 0 Å². The molecular formula is C9H10N2S. The lowest BCUT2D eigenvalue weighted by molar-refractivity contribution is 1.05. The van der Waals surface area contributed by atoms with Crippen LogP contribution in [0.3, 0.4) is 0 Å². The minimum Gasteiger partial charge on any atom is -0.374 e. The summed E-state index contributed by atoms with van der Waals surface area (Å²) in [5, 5.41) is 6.48. The van der Waals surface area contributed by atoms with Crippen LogP contribution in [0.5, 0.6) is 0 Å². The summed E-state index contributed by atoms with van der Waals surface area (Å²) in [6.07, 6.45) is 0. The lowest BCUT2D eigenvalue weighted by Gasteiger charge is -2.26. The highest BCUT2D eigenvalue weighted by Gasteiger charge is 2.16. The van der Waals surface area contributed by atoms with Gasteiger partial charge in [0.2, 0.25) is 0 Å². The van der Waals surface area contributed by atoms with Crippen LogP contribution >= 0.6 is 12.2 Å². The maximum absolute atomic E-state index is 5.13. The van der Waals surface area contributed by atoms with E-state index in [1.165, 1.54) is 0 Å². The number of hydrogen-bond acceptors (Lipinski definition) is 2. The summed E-state index contributed by atoms with van der Waals surface area (Å²) in [6.45, 7) is 2.05. The zero-order chi connectivity index (χ0) is 8.55. The zero-order valence-corrected chi connectivity index (χ0v) is 7.61. The molecule has 1 aliphatic heterocycles. The number of thiocarbonyl (C=S) groups is 1. The lowest BCUT2D eigenvalue weighted by atomic mass is 10.2. The molecule has 1 aliphatic rings. The third-order valence-corrected chi connectivity index (χ3v) is 2.41. The second-order valence-electron chi connectivity index (χ2n) is 2.90. The summed E-state index contributed by atoms with van der Waals surface area (Å²) in [7, 11) is 0. The van der Waals surface area contributed by atoms with Gasteiger partial charge in [0.1, 0.15) is 4.99 Å². The van der Waals surface area contributed by atoms with Crippen molar-refractivity contribution in [3.8, 4) is 0 Å². The van der Waals surface area contributed by atoms with E-state index in [1.807, 2.05) is 31.2 Å². The molecule has 0 aliphatic carbocycles. The van der Waals surface area contributed by atoms with Crippen LogP contribution in [0.15, 0.2) is 24.3 Å². The summed E-state index contributed by atoms with van der Waals surface area (Å²) < 4.78 is 0. The second kappa shape index (κ2) is 2.75. The Kier molecular flexibility index (Phi) is 1.73. The highest BCUT2D eigenvalue weighted by molar-refractivity contribution is 7.80. The van der Waals surface area contributed by atoms with Crippen molar-refractivity contribution in [1.29, 1.82) is 0 Å². The molecule has 0 spiro atoms. The highest BCUT2D eigenvalue weighted by atomic mass is 32.1. The van der Waals surface area contributed by atoms with E-state index in [9.17, 15) is 0 Å². The van der Waals surface area contributed by atoms with Gasteiger partial charge in [-0.25, -0.2) is 0 Å². The summed E-state index contributed by atoms with van der Waals surface area (Å²) in [4.78, 5) is 0.855. The maximum Gasteiger partial charge on any atom is 0.102 e. The number of rotatable bonds is 0. The van der Waals surface area contributed by atoms with Crippen molar-refractivity contribution < 1.29 is 0 Å². The molecule has 2 N–H and O–H groups in total. The average molecular weight is 178 g/mol. The van der Waals surface area contributed by atoms with Crippen molar-refractivity contribution in [3.05, 3.63) is 24.3 Å². The molecule has 0 unspecified atom stereocenters. The van der Waals surface area contributed by atoms with Gasteiger partial charge in [-0.1, -0.05) is 24.4 Å². The van der Waals surface area contributed by atoms with E-state index >= 15 is 0 Å². The molecule has 62 valence electrons. The number of anilines is 2. The van der Waals surface area contributed by atoms with E-state index in [0.717, 1.165) is 16.4 Å². The molecule has 0 aromatic heterocycles. The van der Waals surface area contributed by atoms with Crippen molar-refractivity contribution in [3.63, 3.8) is 0 Å². The summed E-state index contributed by atoms with van der Waals surface area (Å²) in [5.74, 6) is 0. The quantitative estimate of drug-likeness (QED) is 0.596. The van der Waals surface area contributed by atoms with Crippen molar-refractivity contribution in [2.75, 3.05) is 10.6 Å². The van der Waals surface area contributed by atoms with Crippen LogP contribution in [-0.2, 0) is 0 Å². The molecular weight excluding hydrogens is 168 g/mol. The molecule has 12 heavy (non-hydrogen) atoms. The van der Waals surface area contributed by atoms with E-state index in [-0.39, 0.29) is 6.04 Å². The normalized spacial score (nSPS) is 20.8. The first-order chi connectivity index (χ1) is 5.77. The molecule has 0 saturated carbocycles. The molecule has 3 heteroatoms. The Hall–Kier alpha value is -1.09. The van der Waals surface area contributed by atoms with E-state index in [1.54, 1.807) is 0 Å². The lowest BCUT2D eigenvalue weighted by Crippen LogP contribution is -2.34. The smallest absolute Gasteiger partial charge is 0.102 e.